The highest BCUT2D eigenvalue weighted by atomic mass is 19.1. The molecule has 250 valence electrons. The Morgan fingerprint density at radius 2 is 1.74 bits per heavy atom. The maximum Gasteiger partial charge on any atom is 0.270 e. The molecule has 3 aromatic rings. The van der Waals surface area contributed by atoms with Crippen molar-refractivity contribution in [1.29, 1.82) is 0 Å². The van der Waals surface area contributed by atoms with E-state index in [4.69, 9.17) is 0 Å². The number of anilines is 1. The van der Waals surface area contributed by atoms with Gasteiger partial charge in [0.2, 0.25) is 17.7 Å². The van der Waals surface area contributed by atoms with Crippen LogP contribution < -0.4 is 16.0 Å². The summed E-state index contributed by atoms with van der Waals surface area (Å²) in [4.78, 5) is 57.1. The lowest BCUT2D eigenvalue weighted by Gasteiger charge is -2.36. The van der Waals surface area contributed by atoms with E-state index in [0.717, 1.165) is 30.6 Å². The van der Waals surface area contributed by atoms with Crippen LogP contribution in [-0.4, -0.2) is 88.5 Å². The molecule has 1 aliphatic carbocycles. The Morgan fingerprint density at radius 3 is 2.45 bits per heavy atom. The summed E-state index contributed by atoms with van der Waals surface area (Å²) in [7, 11) is 1.99. The fourth-order valence-electron chi connectivity index (χ4n) is 6.50. The van der Waals surface area contributed by atoms with E-state index in [0.29, 0.717) is 37.3 Å². The molecule has 1 aromatic heterocycles. The van der Waals surface area contributed by atoms with Crippen molar-refractivity contribution in [2.45, 2.75) is 70.5 Å². The van der Waals surface area contributed by atoms with Crippen LogP contribution >= 0.6 is 0 Å². The summed E-state index contributed by atoms with van der Waals surface area (Å²) in [6.07, 6.45) is 3.16. The standard InChI is InChI=1S/C35H44FN7O4/c1-5-30(44)39-31(35(47)42-19-17-41(4)18-20-42)22(3)24-12-14-28(27(36)21-24)38-34(46)32(26-13-11-23-9-7-8-10-25(23)26)40-33(45)29-15-16-37-43(29)6-2/h7-10,12,14-16,21-22,26,31-32H,5-6,11,13,17-20H2,1-4H3,(H,38,46)(H,39,44)(H,40,45)/t22-,26+,31+,32-/m0/s1. The summed E-state index contributed by atoms with van der Waals surface area (Å²) in [5.41, 5.74) is 2.88. The average Bonchev–Trinajstić information content (AvgIpc) is 3.74. The first-order valence-electron chi connectivity index (χ1n) is 16.4. The smallest absolute Gasteiger partial charge is 0.270 e. The largest absolute Gasteiger partial charge is 0.344 e. The summed E-state index contributed by atoms with van der Waals surface area (Å²) in [5, 5.41) is 12.6. The number of hydrogen-bond donors (Lipinski definition) is 3. The molecule has 1 aliphatic heterocycles. The van der Waals surface area contributed by atoms with E-state index in [9.17, 15) is 19.2 Å². The van der Waals surface area contributed by atoms with Gasteiger partial charge in [-0.05, 0) is 61.7 Å². The molecule has 0 saturated carbocycles. The van der Waals surface area contributed by atoms with E-state index in [1.807, 2.05) is 38.2 Å². The topological polar surface area (TPSA) is 129 Å². The number of halogens is 1. The average molecular weight is 646 g/mol. The number of carbonyl (C=O) groups excluding carboxylic acids is 4. The number of carbonyl (C=O) groups is 4. The maximum absolute atomic E-state index is 15.7. The van der Waals surface area contributed by atoms with Gasteiger partial charge in [-0.3, -0.25) is 23.9 Å². The van der Waals surface area contributed by atoms with Crippen LogP contribution in [0.3, 0.4) is 0 Å². The van der Waals surface area contributed by atoms with E-state index >= 15 is 4.39 Å². The van der Waals surface area contributed by atoms with Gasteiger partial charge in [-0.25, -0.2) is 4.39 Å². The van der Waals surface area contributed by atoms with Crippen molar-refractivity contribution < 1.29 is 23.6 Å². The molecule has 1 fully saturated rings. The normalized spacial score (nSPS) is 18.1. The van der Waals surface area contributed by atoms with Gasteiger partial charge < -0.3 is 25.8 Å². The zero-order chi connectivity index (χ0) is 33.7. The van der Waals surface area contributed by atoms with E-state index in [1.54, 1.807) is 35.6 Å². The first-order valence-corrected chi connectivity index (χ1v) is 16.4. The predicted octanol–water partition coefficient (Wildman–Crippen LogP) is 3.28. The van der Waals surface area contributed by atoms with Crippen LogP contribution in [-0.2, 0) is 27.3 Å². The summed E-state index contributed by atoms with van der Waals surface area (Å²) in [6.45, 7) is 8.41. The summed E-state index contributed by atoms with van der Waals surface area (Å²) >= 11 is 0. The highest BCUT2D eigenvalue weighted by molar-refractivity contribution is 6.01. The highest BCUT2D eigenvalue weighted by Crippen LogP contribution is 2.36. The maximum atomic E-state index is 15.7. The SMILES string of the molecule is CCC(=O)N[C@@H](C(=O)N1CCN(C)CC1)[C@@H](C)c1ccc(NC(=O)[C@@H](NC(=O)c2ccnn2CC)[C@@H]2CCc3ccccc32)c(F)c1. The molecule has 2 aliphatic rings. The van der Waals surface area contributed by atoms with Gasteiger partial charge in [0.05, 0.1) is 5.69 Å². The molecule has 4 amide bonds. The number of rotatable bonds is 11. The lowest BCUT2D eigenvalue weighted by molar-refractivity contribution is -0.138. The van der Waals surface area contributed by atoms with Gasteiger partial charge in [0, 0.05) is 57.2 Å². The minimum absolute atomic E-state index is 0.0466. The van der Waals surface area contributed by atoms with E-state index in [1.165, 1.54) is 18.3 Å². The van der Waals surface area contributed by atoms with Gasteiger partial charge in [0.25, 0.3) is 5.91 Å². The monoisotopic (exact) mass is 645 g/mol. The van der Waals surface area contributed by atoms with Crippen LogP contribution in [0.2, 0.25) is 0 Å². The van der Waals surface area contributed by atoms with Crippen molar-refractivity contribution in [1.82, 2.24) is 30.2 Å². The zero-order valence-electron chi connectivity index (χ0n) is 27.5. The summed E-state index contributed by atoms with van der Waals surface area (Å²) in [6, 6.07) is 12.0. The van der Waals surface area contributed by atoms with E-state index in [2.05, 4.69) is 25.9 Å². The molecule has 0 bridgehead atoms. The first kappa shape index (κ1) is 33.8. The van der Waals surface area contributed by atoms with Gasteiger partial charge in [-0.15, -0.1) is 0 Å². The number of fused-ring (bicyclic) bond motifs is 1. The Bertz CT molecular complexity index is 1620. The number of nitrogens with zero attached hydrogens (tertiary/aromatic N) is 4. The molecule has 5 rings (SSSR count). The van der Waals surface area contributed by atoms with Gasteiger partial charge in [-0.1, -0.05) is 44.2 Å². The van der Waals surface area contributed by atoms with Gasteiger partial charge in [0.1, 0.15) is 23.6 Å². The van der Waals surface area contributed by atoms with Gasteiger partial charge in [-0.2, -0.15) is 5.10 Å². The van der Waals surface area contributed by atoms with Gasteiger partial charge >= 0.3 is 0 Å². The molecule has 0 radical (unpaired) electrons. The molecule has 2 heterocycles. The fraction of sp³-hybridized carbons (Fsp3) is 0.457. The molecule has 11 nitrogen and oxygen atoms in total. The second-order valence-corrected chi connectivity index (χ2v) is 12.4. The third kappa shape index (κ3) is 7.54. The molecule has 0 unspecified atom stereocenters. The molecule has 4 atom stereocenters. The Balaban J connectivity index is 1.37. The second kappa shape index (κ2) is 14.9. The Hall–Kier alpha value is -4.58. The molecule has 3 N–H and O–H groups in total. The van der Waals surface area contributed by atoms with Crippen LogP contribution in [0, 0.1) is 5.82 Å². The Labute approximate surface area is 274 Å². The molecule has 12 heteroatoms. The molecule has 1 saturated heterocycles. The summed E-state index contributed by atoms with van der Waals surface area (Å²) in [5.74, 6) is -2.98. The number of hydrogen-bond acceptors (Lipinski definition) is 6. The highest BCUT2D eigenvalue weighted by Gasteiger charge is 2.37. The second-order valence-electron chi connectivity index (χ2n) is 12.4. The van der Waals surface area contributed by atoms with Crippen LogP contribution in [0.25, 0.3) is 0 Å². The number of benzene rings is 2. The number of nitrogens with one attached hydrogen (secondary N) is 3. The number of aryl methyl sites for hydroxylation is 2. The van der Waals surface area contributed by atoms with Crippen molar-refractivity contribution in [3.05, 3.63) is 82.9 Å². The lowest BCUT2D eigenvalue weighted by Crippen LogP contribution is -2.55. The Kier molecular flexibility index (Phi) is 10.7. The van der Waals surface area contributed by atoms with Crippen LogP contribution in [0.15, 0.2) is 54.7 Å². The van der Waals surface area contributed by atoms with Crippen LogP contribution in [0.5, 0.6) is 0 Å². The Morgan fingerprint density at radius 1 is 1.00 bits per heavy atom. The summed E-state index contributed by atoms with van der Waals surface area (Å²) < 4.78 is 17.3. The van der Waals surface area contributed by atoms with Crippen LogP contribution in [0.1, 0.15) is 72.6 Å². The number of amides is 4. The molecular formula is C35H44FN7O4. The van der Waals surface area contributed by atoms with Crippen LogP contribution in [0.4, 0.5) is 10.1 Å². The molecule has 0 spiro atoms. The number of aromatic nitrogens is 2. The minimum atomic E-state index is -0.973. The molecular weight excluding hydrogens is 601 g/mol. The minimum Gasteiger partial charge on any atom is -0.344 e. The quantitative estimate of drug-likeness (QED) is 0.294. The van der Waals surface area contributed by atoms with Gasteiger partial charge in [0.15, 0.2) is 0 Å². The van der Waals surface area contributed by atoms with Crippen molar-refractivity contribution in [2.24, 2.45) is 0 Å². The van der Waals surface area contributed by atoms with E-state index < -0.39 is 35.6 Å². The number of piperazine rings is 1. The first-order chi connectivity index (χ1) is 22.6. The third-order valence-electron chi connectivity index (χ3n) is 9.39. The van der Waals surface area contributed by atoms with Crippen molar-refractivity contribution in [2.75, 3.05) is 38.5 Å². The molecule has 2 aromatic carbocycles. The van der Waals surface area contributed by atoms with Crippen molar-refractivity contribution in [3.8, 4) is 0 Å². The lowest BCUT2D eigenvalue weighted by atomic mass is 9.91. The van der Waals surface area contributed by atoms with E-state index in [-0.39, 0.29) is 29.8 Å². The number of likely N-dealkylation sites (N-methyl/N-ethyl adjacent to an activating group) is 1. The fourth-order valence-corrected chi connectivity index (χ4v) is 6.50. The van der Waals surface area contributed by atoms with Crippen molar-refractivity contribution >= 4 is 29.3 Å². The third-order valence-corrected chi connectivity index (χ3v) is 9.39. The zero-order valence-corrected chi connectivity index (χ0v) is 27.5. The molecule has 47 heavy (non-hydrogen) atoms. The van der Waals surface area contributed by atoms with Crippen molar-refractivity contribution in [3.63, 3.8) is 0 Å². The predicted molar refractivity (Wildman–Crippen MR) is 176 cm³/mol.